The molecule has 7 nitrogen and oxygen atoms in total. The van der Waals surface area contributed by atoms with Crippen molar-refractivity contribution in [3.8, 4) is 0 Å². The van der Waals surface area contributed by atoms with Crippen molar-refractivity contribution in [2.45, 2.75) is 6.42 Å². The van der Waals surface area contributed by atoms with Crippen LogP contribution in [0.15, 0.2) is 42.9 Å². The van der Waals surface area contributed by atoms with Gasteiger partial charge in [0.25, 0.3) is 0 Å². The van der Waals surface area contributed by atoms with Crippen LogP contribution in [0.25, 0.3) is 0 Å². The van der Waals surface area contributed by atoms with Gasteiger partial charge < -0.3 is 14.5 Å². The molecule has 0 saturated carbocycles. The summed E-state index contributed by atoms with van der Waals surface area (Å²) in [7, 11) is 3.53. The van der Waals surface area contributed by atoms with E-state index in [9.17, 15) is 4.79 Å². The Hall–Kier alpha value is -2.54. The normalized spacial score (nSPS) is 19.5. The zero-order chi connectivity index (χ0) is 18.4. The number of anilines is 1. The third-order valence-corrected chi connectivity index (χ3v) is 4.78. The second-order valence-corrected chi connectivity index (χ2v) is 6.61. The van der Waals surface area contributed by atoms with Crippen LogP contribution in [-0.2, 0) is 16.0 Å². The van der Waals surface area contributed by atoms with Crippen LogP contribution < -0.4 is 4.90 Å². The molecule has 2 aromatic heterocycles. The van der Waals surface area contributed by atoms with Crippen LogP contribution in [0.1, 0.15) is 5.69 Å². The molecule has 1 fully saturated rings. The summed E-state index contributed by atoms with van der Waals surface area (Å²) >= 11 is 0. The SMILES string of the molecule is COC[C@@H]1CN(c2ncccn2)C[C@H]1C(=O)N(C)CCc1ccccn1. The lowest BCUT2D eigenvalue weighted by Crippen LogP contribution is -2.39. The molecule has 0 bridgehead atoms. The van der Waals surface area contributed by atoms with E-state index in [2.05, 4.69) is 19.9 Å². The molecule has 2 atom stereocenters. The fourth-order valence-electron chi connectivity index (χ4n) is 3.37. The number of methoxy groups -OCH3 is 1. The highest BCUT2D eigenvalue weighted by atomic mass is 16.5. The van der Waals surface area contributed by atoms with Gasteiger partial charge in [-0.2, -0.15) is 0 Å². The molecule has 0 aliphatic carbocycles. The number of nitrogens with zero attached hydrogens (tertiary/aromatic N) is 5. The van der Waals surface area contributed by atoms with Crippen molar-refractivity contribution in [2.75, 3.05) is 45.3 Å². The van der Waals surface area contributed by atoms with Crippen LogP contribution in [0, 0.1) is 11.8 Å². The van der Waals surface area contributed by atoms with Gasteiger partial charge in [0, 0.05) is 70.4 Å². The molecule has 0 aromatic carbocycles. The average molecular weight is 355 g/mol. The molecule has 2 aromatic rings. The monoisotopic (exact) mass is 355 g/mol. The molecule has 1 aliphatic rings. The average Bonchev–Trinajstić information content (AvgIpc) is 3.11. The number of hydrogen-bond acceptors (Lipinski definition) is 6. The lowest BCUT2D eigenvalue weighted by Gasteiger charge is -2.24. The third kappa shape index (κ3) is 4.35. The van der Waals surface area contributed by atoms with Gasteiger partial charge in [0.15, 0.2) is 0 Å². The minimum atomic E-state index is -0.118. The summed E-state index contributed by atoms with van der Waals surface area (Å²) in [6, 6.07) is 7.64. The van der Waals surface area contributed by atoms with E-state index in [1.807, 2.05) is 25.2 Å². The van der Waals surface area contributed by atoms with Crippen molar-refractivity contribution in [3.05, 3.63) is 48.5 Å². The highest BCUT2D eigenvalue weighted by molar-refractivity contribution is 5.80. The molecular weight excluding hydrogens is 330 g/mol. The number of pyridine rings is 1. The second kappa shape index (κ2) is 8.71. The Bertz CT molecular complexity index is 698. The number of ether oxygens (including phenoxy) is 1. The molecule has 1 aliphatic heterocycles. The molecule has 3 rings (SSSR count). The van der Waals surface area contributed by atoms with Gasteiger partial charge in [-0.1, -0.05) is 6.07 Å². The first-order valence-electron chi connectivity index (χ1n) is 8.85. The van der Waals surface area contributed by atoms with Gasteiger partial charge >= 0.3 is 0 Å². The van der Waals surface area contributed by atoms with Crippen LogP contribution in [0.4, 0.5) is 5.95 Å². The van der Waals surface area contributed by atoms with Crippen molar-refractivity contribution < 1.29 is 9.53 Å². The number of amides is 1. The Balaban J connectivity index is 1.63. The second-order valence-electron chi connectivity index (χ2n) is 6.61. The number of rotatable bonds is 7. The van der Waals surface area contributed by atoms with Gasteiger partial charge in [0.05, 0.1) is 12.5 Å². The quantitative estimate of drug-likeness (QED) is 0.745. The first-order chi connectivity index (χ1) is 12.7. The Morgan fingerprint density at radius 3 is 2.65 bits per heavy atom. The summed E-state index contributed by atoms with van der Waals surface area (Å²) in [5.74, 6) is 0.822. The van der Waals surface area contributed by atoms with E-state index >= 15 is 0 Å². The van der Waals surface area contributed by atoms with E-state index in [1.54, 1.807) is 36.7 Å². The molecule has 138 valence electrons. The summed E-state index contributed by atoms with van der Waals surface area (Å²) in [5, 5.41) is 0. The Labute approximate surface area is 154 Å². The largest absolute Gasteiger partial charge is 0.384 e. The first kappa shape index (κ1) is 18.3. The summed E-state index contributed by atoms with van der Waals surface area (Å²) < 4.78 is 5.35. The predicted octanol–water partition coefficient (Wildman–Crippen LogP) is 1.27. The highest BCUT2D eigenvalue weighted by Crippen LogP contribution is 2.28. The molecule has 0 radical (unpaired) electrons. The van der Waals surface area contributed by atoms with Crippen molar-refractivity contribution in [3.63, 3.8) is 0 Å². The summed E-state index contributed by atoms with van der Waals surface area (Å²) in [6.07, 6.45) is 5.97. The molecule has 1 amide bonds. The lowest BCUT2D eigenvalue weighted by molar-refractivity contribution is -0.135. The molecular formula is C19H25N5O2. The van der Waals surface area contributed by atoms with Gasteiger partial charge in [-0.15, -0.1) is 0 Å². The Morgan fingerprint density at radius 2 is 1.96 bits per heavy atom. The van der Waals surface area contributed by atoms with E-state index in [1.165, 1.54) is 0 Å². The molecule has 7 heteroatoms. The number of aromatic nitrogens is 3. The van der Waals surface area contributed by atoms with E-state index in [0.29, 0.717) is 25.6 Å². The fraction of sp³-hybridized carbons (Fsp3) is 0.474. The number of carbonyl (C=O) groups excluding carboxylic acids is 1. The van der Waals surface area contributed by atoms with Crippen molar-refractivity contribution in [1.29, 1.82) is 0 Å². The minimum Gasteiger partial charge on any atom is -0.384 e. The van der Waals surface area contributed by atoms with Gasteiger partial charge in [0.1, 0.15) is 0 Å². The van der Waals surface area contributed by atoms with Gasteiger partial charge in [-0.25, -0.2) is 9.97 Å². The first-order valence-corrected chi connectivity index (χ1v) is 8.85. The van der Waals surface area contributed by atoms with E-state index in [-0.39, 0.29) is 17.7 Å². The summed E-state index contributed by atoms with van der Waals surface area (Å²) in [5.41, 5.74) is 0.992. The summed E-state index contributed by atoms with van der Waals surface area (Å²) in [4.78, 5) is 29.8. The van der Waals surface area contributed by atoms with Crippen LogP contribution in [-0.4, -0.2) is 66.2 Å². The highest BCUT2D eigenvalue weighted by Gasteiger charge is 2.39. The molecule has 3 heterocycles. The van der Waals surface area contributed by atoms with Crippen LogP contribution in [0.5, 0.6) is 0 Å². The van der Waals surface area contributed by atoms with Gasteiger partial charge in [-0.3, -0.25) is 9.78 Å². The topological polar surface area (TPSA) is 71.5 Å². The maximum absolute atomic E-state index is 13.0. The van der Waals surface area contributed by atoms with Crippen LogP contribution in [0.2, 0.25) is 0 Å². The van der Waals surface area contributed by atoms with Crippen LogP contribution in [0.3, 0.4) is 0 Å². The predicted molar refractivity (Wildman–Crippen MR) is 98.7 cm³/mol. The van der Waals surface area contributed by atoms with Gasteiger partial charge in [-0.05, 0) is 18.2 Å². The standard InChI is InChI=1S/C19H25N5O2/c1-23(11-7-16-6-3-4-8-20-16)18(25)17-13-24(12-15(17)14-26-2)19-21-9-5-10-22-19/h3-6,8-10,15,17H,7,11-14H2,1-2H3/t15-,17+/m0/s1. The molecule has 26 heavy (non-hydrogen) atoms. The van der Waals surface area contributed by atoms with E-state index in [4.69, 9.17) is 4.74 Å². The number of hydrogen-bond donors (Lipinski definition) is 0. The van der Waals surface area contributed by atoms with Crippen molar-refractivity contribution in [2.24, 2.45) is 11.8 Å². The lowest BCUT2D eigenvalue weighted by atomic mass is 9.95. The van der Waals surface area contributed by atoms with Gasteiger partial charge in [0.2, 0.25) is 11.9 Å². The molecule has 0 unspecified atom stereocenters. The zero-order valence-electron chi connectivity index (χ0n) is 15.3. The maximum atomic E-state index is 13.0. The number of likely N-dealkylation sites (N-methyl/N-ethyl adjacent to an activating group) is 1. The van der Waals surface area contributed by atoms with Crippen molar-refractivity contribution >= 4 is 11.9 Å². The summed E-state index contributed by atoms with van der Waals surface area (Å²) in [6.45, 7) is 2.54. The van der Waals surface area contributed by atoms with E-state index < -0.39 is 0 Å². The zero-order valence-corrected chi connectivity index (χ0v) is 15.3. The smallest absolute Gasteiger partial charge is 0.227 e. The third-order valence-electron chi connectivity index (χ3n) is 4.78. The molecule has 0 spiro atoms. The minimum absolute atomic E-state index is 0.118. The molecule has 0 N–H and O–H groups in total. The Kier molecular flexibility index (Phi) is 6.12. The van der Waals surface area contributed by atoms with Crippen LogP contribution >= 0.6 is 0 Å². The Morgan fingerprint density at radius 1 is 1.19 bits per heavy atom. The number of carbonyl (C=O) groups is 1. The maximum Gasteiger partial charge on any atom is 0.227 e. The van der Waals surface area contributed by atoms with E-state index in [0.717, 1.165) is 18.7 Å². The molecule has 1 saturated heterocycles. The van der Waals surface area contributed by atoms with Crippen molar-refractivity contribution in [1.82, 2.24) is 19.9 Å². The fourth-order valence-corrected chi connectivity index (χ4v) is 3.37.